The number of pyridine rings is 1. The van der Waals surface area contributed by atoms with Crippen LogP contribution >= 0.6 is 11.6 Å². The Hall–Kier alpha value is -2.05. The van der Waals surface area contributed by atoms with Gasteiger partial charge in [0, 0.05) is 23.3 Å². The van der Waals surface area contributed by atoms with Gasteiger partial charge in [0.25, 0.3) is 5.91 Å². The number of amides is 1. The number of nitrogens with one attached hydrogen (secondary N) is 1. The van der Waals surface area contributed by atoms with Gasteiger partial charge in [-0.25, -0.2) is 8.78 Å². The number of nitrogens with zero attached hydrogens (tertiary/aromatic N) is 1. The van der Waals surface area contributed by atoms with Crippen molar-refractivity contribution in [2.45, 2.75) is 44.0 Å². The quantitative estimate of drug-likeness (QED) is 0.849. The van der Waals surface area contributed by atoms with Crippen molar-refractivity contribution in [1.29, 1.82) is 0 Å². The van der Waals surface area contributed by atoms with Gasteiger partial charge >= 0.3 is 0 Å². The van der Waals surface area contributed by atoms with Crippen LogP contribution in [-0.4, -0.2) is 16.0 Å². The van der Waals surface area contributed by atoms with Crippen molar-refractivity contribution < 1.29 is 18.7 Å². The predicted octanol–water partition coefficient (Wildman–Crippen LogP) is 3.75. The van der Waals surface area contributed by atoms with Crippen LogP contribution in [0.2, 0.25) is 5.02 Å². The van der Waals surface area contributed by atoms with Crippen molar-refractivity contribution in [1.82, 2.24) is 10.3 Å². The molecule has 0 bridgehead atoms. The Morgan fingerprint density at radius 2 is 2.15 bits per heavy atom. The summed E-state index contributed by atoms with van der Waals surface area (Å²) < 4.78 is 28.8. The van der Waals surface area contributed by atoms with Crippen molar-refractivity contribution in [2.75, 3.05) is 0 Å². The van der Waals surface area contributed by atoms with Gasteiger partial charge in [-0.2, -0.15) is 0 Å². The summed E-state index contributed by atoms with van der Waals surface area (Å²) in [7, 11) is 0. The fraction of sp³-hybridized carbons (Fsp3) is 0.368. The second-order valence-electron chi connectivity index (χ2n) is 6.50. The molecule has 0 aliphatic heterocycles. The molecular weight excluding hydrogens is 362 g/mol. The van der Waals surface area contributed by atoms with Gasteiger partial charge < -0.3 is 10.4 Å². The Labute approximate surface area is 155 Å². The number of aliphatic hydroxyl groups is 1. The summed E-state index contributed by atoms with van der Waals surface area (Å²) in [5.74, 6) is -1.32. The molecule has 1 heterocycles. The number of benzene rings is 1. The van der Waals surface area contributed by atoms with Gasteiger partial charge in [-0.15, -0.1) is 0 Å². The summed E-state index contributed by atoms with van der Waals surface area (Å²) >= 11 is 5.94. The molecule has 4 nitrogen and oxygen atoms in total. The molecule has 1 aromatic carbocycles. The van der Waals surface area contributed by atoms with Gasteiger partial charge in [-0.05, 0) is 43.0 Å². The van der Waals surface area contributed by atoms with Crippen LogP contribution in [-0.2, 0) is 22.6 Å². The van der Waals surface area contributed by atoms with Crippen LogP contribution in [0.5, 0.6) is 0 Å². The molecule has 2 N–H and O–H groups in total. The maximum absolute atomic E-state index is 15.6. The minimum absolute atomic E-state index is 0.0305. The summed E-state index contributed by atoms with van der Waals surface area (Å²) in [5.41, 5.74) is -2.77. The Morgan fingerprint density at radius 1 is 1.38 bits per heavy atom. The fourth-order valence-corrected chi connectivity index (χ4v) is 3.52. The highest BCUT2D eigenvalue weighted by molar-refractivity contribution is 6.31. The maximum Gasteiger partial charge on any atom is 0.262 e. The number of hydrogen-bond acceptors (Lipinski definition) is 3. The zero-order chi connectivity index (χ0) is 18.9. The summed E-state index contributed by atoms with van der Waals surface area (Å²) in [6.45, 7) is 1.76. The number of hydrogen-bond donors (Lipinski definition) is 2. The lowest BCUT2D eigenvalue weighted by Crippen LogP contribution is -2.47. The van der Waals surface area contributed by atoms with E-state index in [4.69, 9.17) is 11.6 Å². The van der Waals surface area contributed by atoms with E-state index in [-0.39, 0.29) is 35.7 Å². The third-order valence-electron chi connectivity index (χ3n) is 4.96. The molecule has 0 fully saturated rings. The molecule has 0 unspecified atom stereocenters. The molecular formula is C19H19ClF2N2O2. The topological polar surface area (TPSA) is 62.2 Å². The van der Waals surface area contributed by atoms with E-state index in [1.54, 1.807) is 13.0 Å². The molecule has 1 aromatic heterocycles. The average Bonchev–Trinajstić information content (AvgIpc) is 2.64. The number of alkyl halides is 1. The van der Waals surface area contributed by atoms with Crippen LogP contribution in [0.1, 0.15) is 43.0 Å². The van der Waals surface area contributed by atoms with E-state index < -0.39 is 23.0 Å². The number of carbonyl (C=O) groups excluding carboxylic acids is 1. The van der Waals surface area contributed by atoms with Crippen molar-refractivity contribution in [3.05, 3.63) is 64.2 Å². The molecule has 2 atom stereocenters. The smallest absolute Gasteiger partial charge is 0.262 e. The minimum atomic E-state index is -2.29. The normalized spacial score (nSPS) is 24.8. The van der Waals surface area contributed by atoms with Crippen LogP contribution in [0.3, 0.4) is 0 Å². The number of halogens is 3. The Morgan fingerprint density at radius 3 is 2.85 bits per heavy atom. The van der Waals surface area contributed by atoms with E-state index in [9.17, 15) is 14.3 Å². The second kappa shape index (κ2) is 6.93. The third kappa shape index (κ3) is 3.19. The molecule has 26 heavy (non-hydrogen) atoms. The van der Waals surface area contributed by atoms with Crippen molar-refractivity contribution in [2.24, 2.45) is 0 Å². The van der Waals surface area contributed by atoms with E-state index in [1.807, 2.05) is 0 Å². The van der Waals surface area contributed by atoms with Gasteiger partial charge in [-0.1, -0.05) is 30.7 Å². The number of carbonyl (C=O) groups is 1. The van der Waals surface area contributed by atoms with E-state index in [0.717, 1.165) is 6.07 Å². The number of aromatic nitrogens is 1. The highest BCUT2D eigenvalue weighted by atomic mass is 35.5. The average molecular weight is 381 g/mol. The summed E-state index contributed by atoms with van der Waals surface area (Å²) in [4.78, 5) is 16.8. The summed E-state index contributed by atoms with van der Waals surface area (Å²) in [6.07, 6.45) is 1.79. The first-order chi connectivity index (χ1) is 12.3. The van der Waals surface area contributed by atoms with E-state index >= 15 is 4.39 Å². The fourth-order valence-electron chi connectivity index (χ4n) is 3.29. The summed E-state index contributed by atoms with van der Waals surface area (Å²) in [5, 5.41) is 13.4. The molecule has 2 aromatic rings. The predicted molar refractivity (Wildman–Crippen MR) is 93.7 cm³/mol. The molecule has 0 saturated carbocycles. The molecule has 0 radical (unpaired) electrons. The Balaban J connectivity index is 1.85. The van der Waals surface area contributed by atoms with Gasteiger partial charge in [0.2, 0.25) is 5.67 Å². The van der Waals surface area contributed by atoms with Gasteiger partial charge in [0.15, 0.2) is 0 Å². The van der Waals surface area contributed by atoms with E-state index in [0.29, 0.717) is 12.0 Å². The molecule has 1 amide bonds. The lowest BCUT2D eigenvalue weighted by atomic mass is 9.73. The van der Waals surface area contributed by atoms with E-state index in [2.05, 4.69) is 10.3 Å². The van der Waals surface area contributed by atoms with Crippen LogP contribution in [0.25, 0.3) is 0 Å². The molecule has 0 spiro atoms. The van der Waals surface area contributed by atoms with Crippen molar-refractivity contribution in [3.8, 4) is 0 Å². The first-order valence-electron chi connectivity index (χ1n) is 8.39. The summed E-state index contributed by atoms with van der Waals surface area (Å²) in [6, 6.07) is 6.82. The highest BCUT2D eigenvalue weighted by Crippen LogP contribution is 2.46. The Bertz CT molecular complexity index is 848. The highest BCUT2D eigenvalue weighted by Gasteiger charge is 2.51. The SMILES string of the molecule is CC[C@@]1(O)CC[C@@](F)(C(=O)NCc2ccc(F)cc2Cl)c2cccnc21. The second-order valence-corrected chi connectivity index (χ2v) is 6.91. The lowest BCUT2D eigenvalue weighted by Gasteiger charge is -2.39. The molecule has 1 aliphatic rings. The lowest BCUT2D eigenvalue weighted by molar-refractivity contribution is -0.137. The van der Waals surface area contributed by atoms with Gasteiger partial charge in [0.05, 0.1) is 5.69 Å². The zero-order valence-electron chi connectivity index (χ0n) is 14.2. The van der Waals surface area contributed by atoms with Crippen LogP contribution in [0.15, 0.2) is 36.5 Å². The number of rotatable bonds is 4. The largest absolute Gasteiger partial charge is 0.384 e. The first-order valence-corrected chi connectivity index (χ1v) is 8.77. The molecule has 7 heteroatoms. The molecule has 1 aliphatic carbocycles. The monoisotopic (exact) mass is 380 g/mol. The van der Waals surface area contributed by atoms with Gasteiger partial charge in [0.1, 0.15) is 11.4 Å². The first kappa shape index (κ1) is 18.7. The molecule has 0 saturated heterocycles. The molecule has 3 rings (SSSR count). The van der Waals surface area contributed by atoms with Crippen LogP contribution < -0.4 is 5.32 Å². The maximum atomic E-state index is 15.6. The third-order valence-corrected chi connectivity index (χ3v) is 5.31. The van der Waals surface area contributed by atoms with Crippen LogP contribution in [0.4, 0.5) is 8.78 Å². The van der Waals surface area contributed by atoms with Crippen molar-refractivity contribution in [3.63, 3.8) is 0 Å². The Kier molecular flexibility index (Phi) is 4.99. The minimum Gasteiger partial charge on any atom is -0.384 e. The van der Waals surface area contributed by atoms with Crippen LogP contribution in [0, 0.1) is 5.82 Å². The zero-order valence-corrected chi connectivity index (χ0v) is 15.0. The standard InChI is InChI=1S/C19H19ClF2N2O2/c1-2-18(26)7-8-19(22,14-4-3-9-23-16(14)18)17(25)24-11-12-5-6-13(21)10-15(12)20/h3-6,9-10,26H,2,7-8,11H2,1H3,(H,24,25)/t18-,19+/m1/s1. The van der Waals surface area contributed by atoms with E-state index in [1.165, 1.54) is 24.4 Å². The number of fused-ring (bicyclic) bond motifs is 1. The molecule has 138 valence electrons. The van der Waals surface area contributed by atoms with Gasteiger partial charge in [-0.3, -0.25) is 9.78 Å². The van der Waals surface area contributed by atoms with Crippen molar-refractivity contribution >= 4 is 17.5 Å².